The first-order valence-corrected chi connectivity index (χ1v) is 6.63. The second-order valence-electron chi connectivity index (χ2n) is 4.13. The first-order chi connectivity index (χ1) is 8.29. The highest BCUT2D eigenvalue weighted by atomic mass is 16.5. The van der Waals surface area contributed by atoms with Crippen LogP contribution in [0.5, 0.6) is 0 Å². The smallest absolute Gasteiger partial charge is 0.320 e. The van der Waals surface area contributed by atoms with Gasteiger partial charge in [0.2, 0.25) is 0 Å². The Kier molecular flexibility index (Phi) is 6.29. The summed E-state index contributed by atoms with van der Waals surface area (Å²) in [5.74, 6) is 0. The lowest BCUT2D eigenvalue weighted by Crippen LogP contribution is -2.57. The molecule has 0 aromatic rings. The molecule has 1 N–H and O–H groups in total. The van der Waals surface area contributed by atoms with Gasteiger partial charge in [0.05, 0.1) is 13.2 Å². The van der Waals surface area contributed by atoms with Gasteiger partial charge in [0.1, 0.15) is 0 Å². The average molecular weight is 243 g/mol. The number of nitrogens with zero attached hydrogens (tertiary/aromatic N) is 2. The van der Waals surface area contributed by atoms with E-state index in [1.54, 1.807) is 0 Å². The Morgan fingerprint density at radius 1 is 1.24 bits per heavy atom. The Bertz CT molecular complexity index is 230. The third-order valence-corrected chi connectivity index (χ3v) is 3.03. The zero-order chi connectivity index (χ0) is 12.7. The molecule has 0 aromatic carbocycles. The molecular weight excluding hydrogens is 218 g/mol. The Hall–Kier alpha value is -0.810. The maximum atomic E-state index is 12.1. The molecule has 5 heteroatoms. The van der Waals surface area contributed by atoms with E-state index in [0.29, 0.717) is 19.3 Å². The van der Waals surface area contributed by atoms with Crippen LogP contribution in [0.3, 0.4) is 0 Å². The molecule has 0 aromatic heterocycles. The van der Waals surface area contributed by atoms with E-state index in [4.69, 9.17) is 4.74 Å². The SMILES string of the molecule is CC.CC1CNCCN1C(=O)N1CCOCC1. The van der Waals surface area contributed by atoms with Crippen LogP contribution in [0.4, 0.5) is 4.79 Å². The summed E-state index contributed by atoms with van der Waals surface area (Å²) in [6, 6.07) is 0.474. The van der Waals surface area contributed by atoms with Gasteiger partial charge < -0.3 is 19.9 Å². The van der Waals surface area contributed by atoms with Gasteiger partial charge in [-0.2, -0.15) is 0 Å². The molecule has 2 amide bonds. The molecule has 0 radical (unpaired) electrons. The molecule has 0 aliphatic carbocycles. The number of carbonyl (C=O) groups excluding carboxylic acids is 1. The summed E-state index contributed by atoms with van der Waals surface area (Å²) >= 11 is 0. The summed E-state index contributed by atoms with van der Waals surface area (Å²) in [7, 11) is 0. The van der Waals surface area contributed by atoms with Crippen molar-refractivity contribution in [3.8, 4) is 0 Å². The highest BCUT2D eigenvalue weighted by molar-refractivity contribution is 5.75. The van der Waals surface area contributed by atoms with E-state index in [1.165, 1.54) is 0 Å². The van der Waals surface area contributed by atoms with E-state index in [2.05, 4.69) is 12.2 Å². The molecule has 2 saturated heterocycles. The number of piperazine rings is 1. The lowest BCUT2D eigenvalue weighted by molar-refractivity contribution is 0.0380. The molecular formula is C12H25N3O2. The van der Waals surface area contributed by atoms with E-state index in [1.807, 2.05) is 23.6 Å². The molecule has 2 aliphatic rings. The maximum Gasteiger partial charge on any atom is 0.320 e. The summed E-state index contributed by atoms with van der Waals surface area (Å²) < 4.78 is 5.24. The zero-order valence-electron chi connectivity index (χ0n) is 11.2. The second kappa shape index (κ2) is 7.50. The van der Waals surface area contributed by atoms with Crippen LogP contribution < -0.4 is 5.32 Å². The minimum atomic E-state index is 0.173. The van der Waals surface area contributed by atoms with E-state index in [9.17, 15) is 4.79 Å². The van der Waals surface area contributed by atoms with Crippen LogP contribution in [0.2, 0.25) is 0 Å². The van der Waals surface area contributed by atoms with Crippen molar-refractivity contribution in [1.82, 2.24) is 15.1 Å². The molecule has 17 heavy (non-hydrogen) atoms. The number of ether oxygens (including phenoxy) is 1. The van der Waals surface area contributed by atoms with Crippen LogP contribution in [0.1, 0.15) is 20.8 Å². The Morgan fingerprint density at radius 2 is 1.88 bits per heavy atom. The van der Waals surface area contributed by atoms with Gasteiger partial charge in [0.25, 0.3) is 0 Å². The predicted octanol–water partition coefficient (Wildman–Crippen LogP) is 0.759. The summed E-state index contributed by atoms with van der Waals surface area (Å²) in [5, 5.41) is 3.29. The highest BCUT2D eigenvalue weighted by Gasteiger charge is 2.27. The molecule has 1 unspecified atom stereocenters. The van der Waals surface area contributed by atoms with Gasteiger partial charge in [-0.25, -0.2) is 4.79 Å². The van der Waals surface area contributed by atoms with Crippen molar-refractivity contribution in [1.29, 1.82) is 0 Å². The second-order valence-corrected chi connectivity index (χ2v) is 4.13. The standard InChI is InChI=1S/C10H19N3O2.C2H6/c1-9-8-11-2-3-13(9)10(14)12-4-6-15-7-5-12;1-2/h9,11H,2-8H2,1H3;1-2H3. The Labute approximate surface area is 104 Å². The van der Waals surface area contributed by atoms with E-state index in [0.717, 1.165) is 32.7 Å². The van der Waals surface area contributed by atoms with Crippen LogP contribution in [0, 0.1) is 0 Å². The van der Waals surface area contributed by atoms with Crippen molar-refractivity contribution in [3.05, 3.63) is 0 Å². The van der Waals surface area contributed by atoms with Gasteiger partial charge >= 0.3 is 6.03 Å². The van der Waals surface area contributed by atoms with Gasteiger partial charge in [-0.15, -0.1) is 0 Å². The summed E-state index contributed by atoms with van der Waals surface area (Å²) in [4.78, 5) is 16.0. The topological polar surface area (TPSA) is 44.8 Å². The highest BCUT2D eigenvalue weighted by Crippen LogP contribution is 2.08. The van der Waals surface area contributed by atoms with E-state index >= 15 is 0 Å². The monoisotopic (exact) mass is 243 g/mol. The number of amides is 2. The lowest BCUT2D eigenvalue weighted by atomic mass is 10.2. The zero-order valence-corrected chi connectivity index (χ0v) is 11.2. The Morgan fingerprint density at radius 3 is 2.47 bits per heavy atom. The summed E-state index contributed by atoms with van der Waals surface area (Å²) in [6.45, 7) is 11.5. The molecule has 2 heterocycles. The van der Waals surface area contributed by atoms with E-state index in [-0.39, 0.29) is 6.03 Å². The molecule has 0 saturated carbocycles. The van der Waals surface area contributed by atoms with Crippen molar-refractivity contribution in [2.75, 3.05) is 45.9 Å². The van der Waals surface area contributed by atoms with Crippen molar-refractivity contribution in [2.45, 2.75) is 26.8 Å². The number of hydrogen-bond donors (Lipinski definition) is 1. The fourth-order valence-electron chi connectivity index (χ4n) is 2.06. The van der Waals surface area contributed by atoms with Gasteiger partial charge in [-0.05, 0) is 6.92 Å². The number of rotatable bonds is 0. The average Bonchev–Trinajstić information content (AvgIpc) is 2.42. The lowest BCUT2D eigenvalue weighted by Gasteiger charge is -2.38. The van der Waals surface area contributed by atoms with Crippen LogP contribution in [0.15, 0.2) is 0 Å². The number of nitrogens with one attached hydrogen (secondary N) is 1. The summed E-state index contributed by atoms with van der Waals surface area (Å²) in [6.07, 6.45) is 0. The van der Waals surface area contributed by atoms with Crippen LogP contribution in [0.25, 0.3) is 0 Å². The van der Waals surface area contributed by atoms with Crippen molar-refractivity contribution in [3.63, 3.8) is 0 Å². The molecule has 2 fully saturated rings. The number of hydrogen-bond acceptors (Lipinski definition) is 3. The van der Waals surface area contributed by atoms with Crippen molar-refractivity contribution in [2.24, 2.45) is 0 Å². The normalized spacial score (nSPS) is 25.0. The molecule has 100 valence electrons. The maximum absolute atomic E-state index is 12.1. The van der Waals surface area contributed by atoms with Gasteiger partial charge in [0.15, 0.2) is 0 Å². The third-order valence-electron chi connectivity index (χ3n) is 3.03. The largest absolute Gasteiger partial charge is 0.378 e. The number of carbonyl (C=O) groups is 1. The third kappa shape index (κ3) is 3.85. The summed E-state index contributed by atoms with van der Waals surface area (Å²) in [5.41, 5.74) is 0. The van der Waals surface area contributed by atoms with E-state index < -0.39 is 0 Å². The fraction of sp³-hybridized carbons (Fsp3) is 0.917. The van der Waals surface area contributed by atoms with Gasteiger partial charge in [-0.1, -0.05) is 13.8 Å². The van der Waals surface area contributed by atoms with Gasteiger partial charge in [0, 0.05) is 38.8 Å². The predicted molar refractivity (Wildman–Crippen MR) is 68.2 cm³/mol. The van der Waals surface area contributed by atoms with Crippen LogP contribution in [-0.2, 0) is 4.74 Å². The van der Waals surface area contributed by atoms with Crippen molar-refractivity contribution >= 4 is 6.03 Å². The van der Waals surface area contributed by atoms with Gasteiger partial charge in [-0.3, -0.25) is 0 Å². The fourth-order valence-corrected chi connectivity index (χ4v) is 2.06. The van der Waals surface area contributed by atoms with Crippen LogP contribution >= 0.6 is 0 Å². The first kappa shape index (κ1) is 14.3. The number of morpholine rings is 1. The molecule has 2 aliphatic heterocycles. The minimum Gasteiger partial charge on any atom is -0.378 e. The molecule has 5 nitrogen and oxygen atoms in total. The van der Waals surface area contributed by atoms with Crippen molar-refractivity contribution < 1.29 is 9.53 Å². The number of urea groups is 1. The van der Waals surface area contributed by atoms with Crippen LogP contribution in [-0.4, -0.2) is 67.8 Å². The minimum absolute atomic E-state index is 0.173. The molecule has 1 atom stereocenters. The molecule has 2 rings (SSSR count). The quantitative estimate of drug-likeness (QED) is 0.683. The first-order valence-electron chi connectivity index (χ1n) is 6.63. The molecule has 0 bridgehead atoms. The molecule has 0 spiro atoms. The Balaban J connectivity index is 0.000000686.